The number of benzene rings is 3. The van der Waals surface area contributed by atoms with Gasteiger partial charge in [0.25, 0.3) is 5.91 Å². The fraction of sp³-hybridized carbons (Fsp3) is 0.321. The highest BCUT2D eigenvalue weighted by atomic mass is 16.5. The second-order valence-corrected chi connectivity index (χ2v) is 8.66. The molecule has 0 aromatic heterocycles. The maximum atomic E-state index is 12.4. The Morgan fingerprint density at radius 2 is 1.68 bits per heavy atom. The molecule has 0 unspecified atom stereocenters. The Morgan fingerprint density at radius 3 is 2.38 bits per heavy atom. The molecule has 1 fully saturated rings. The Bertz CT molecular complexity index is 1110. The smallest absolute Gasteiger partial charge is 0.251 e. The van der Waals surface area contributed by atoms with Crippen LogP contribution in [0.4, 0.5) is 5.69 Å². The molecule has 0 spiro atoms. The van der Waals surface area contributed by atoms with Crippen molar-refractivity contribution in [3.8, 4) is 11.5 Å². The molecule has 0 radical (unpaired) electrons. The number of rotatable bonds is 8. The van der Waals surface area contributed by atoms with Crippen molar-refractivity contribution >= 4 is 11.6 Å². The predicted octanol–water partition coefficient (Wildman–Crippen LogP) is 4.26. The van der Waals surface area contributed by atoms with Gasteiger partial charge in [0, 0.05) is 62.1 Å². The van der Waals surface area contributed by atoms with Crippen molar-refractivity contribution < 1.29 is 14.3 Å². The lowest BCUT2D eigenvalue weighted by molar-refractivity contribution is 0.0951. The third-order valence-corrected chi connectivity index (χ3v) is 6.30. The molecule has 0 saturated carbocycles. The second-order valence-electron chi connectivity index (χ2n) is 8.66. The number of piperazine rings is 1. The van der Waals surface area contributed by atoms with Gasteiger partial charge in [-0.15, -0.1) is 0 Å². The summed E-state index contributed by atoms with van der Waals surface area (Å²) < 4.78 is 10.9. The van der Waals surface area contributed by atoms with E-state index >= 15 is 0 Å². The van der Waals surface area contributed by atoms with Gasteiger partial charge in [-0.1, -0.05) is 35.9 Å². The average Bonchev–Trinajstić information content (AvgIpc) is 2.88. The largest absolute Gasteiger partial charge is 0.497 e. The van der Waals surface area contributed by atoms with Gasteiger partial charge >= 0.3 is 0 Å². The summed E-state index contributed by atoms with van der Waals surface area (Å²) in [6.07, 6.45) is 0. The van der Waals surface area contributed by atoms with Crippen LogP contribution in [0.25, 0.3) is 0 Å². The van der Waals surface area contributed by atoms with Gasteiger partial charge in [0.2, 0.25) is 0 Å². The minimum atomic E-state index is -0.0482. The molecule has 6 heteroatoms. The fourth-order valence-electron chi connectivity index (χ4n) is 4.24. The van der Waals surface area contributed by atoms with Gasteiger partial charge in [0.05, 0.1) is 14.2 Å². The van der Waals surface area contributed by atoms with Crippen LogP contribution in [0.5, 0.6) is 11.5 Å². The predicted molar refractivity (Wildman–Crippen MR) is 136 cm³/mol. The van der Waals surface area contributed by atoms with Gasteiger partial charge in [-0.25, -0.2) is 0 Å². The summed E-state index contributed by atoms with van der Waals surface area (Å²) >= 11 is 0. The standard InChI is InChI=1S/C28H33N3O3/c1-21-7-9-23(10-8-21)28(32)29-19-22-5-4-6-25(17-22)31-15-13-30(14-16-31)20-24-11-12-26(33-2)18-27(24)34-3/h4-12,17-18H,13-16,19-20H2,1-3H3,(H,29,32). The summed E-state index contributed by atoms with van der Waals surface area (Å²) in [6.45, 7) is 7.25. The van der Waals surface area contributed by atoms with Gasteiger partial charge in [0.1, 0.15) is 11.5 Å². The third kappa shape index (κ3) is 5.88. The van der Waals surface area contributed by atoms with Crippen LogP contribution >= 0.6 is 0 Å². The first-order chi connectivity index (χ1) is 16.6. The summed E-state index contributed by atoms with van der Waals surface area (Å²) in [7, 11) is 3.37. The van der Waals surface area contributed by atoms with Crippen LogP contribution in [0.1, 0.15) is 27.0 Å². The van der Waals surface area contributed by atoms with Crippen molar-refractivity contribution in [1.82, 2.24) is 10.2 Å². The number of methoxy groups -OCH3 is 2. The topological polar surface area (TPSA) is 54.0 Å². The van der Waals surface area contributed by atoms with Gasteiger partial charge < -0.3 is 19.7 Å². The van der Waals surface area contributed by atoms with Crippen molar-refractivity contribution in [3.63, 3.8) is 0 Å². The molecule has 0 atom stereocenters. The number of carbonyl (C=O) groups is 1. The van der Waals surface area contributed by atoms with E-state index in [0.29, 0.717) is 12.1 Å². The van der Waals surface area contributed by atoms with E-state index in [1.165, 1.54) is 11.3 Å². The van der Waals surface area contributed by atoms with E-state index in [0.717, 1.165) is 55.3 Å². The maximum absolute atomic E-state index is 12.4. The zero-order valence-corrected chi connectivity index (χ0v) is 20.2. The molecule has 3 aromatic rings. The number of nitrogens with zero attached hydrogens (tertiary/aromatic N) is 2. The van der Waals surface area contributed by atoms with Crippen molar-refractivity contribution in [3.05, 3.63) is 89.0 Å². The average molecular weight is 460 g/mol. The lowest BCUT2D eigenvalue weighted by Gasteiger charge is -2.36. The summed E-state index contributed by atoms with van der Waals surface area (Å²) in [5, 5.41) is 3.03. The second kappa shape index (κ2) is 11.1. The first-order valence-corrected chi connectivity index (χ1v) is 11.7. The van der Waals surface area contributed by atoms with Crippen LogP contribution in [0.3, 0.4) is 0 Å². The lowest BCUT2D eigenvalue weighted by atomic mass is 10.1. The summed E-state index contributed by atoms with van der Waals surface area (Å²) in [6, 6.07) is 22.1. The van der Waals surface area contributed by atoms with E-state index in [2.05, 4.69) is 45.4 Å². The van der Waals surface area contributed by atoms with Crippen molar-refractivity contribution in [1.29, 1.82) is 0 Å². The molecule has 6 nitrogen and oxygen atoms in total. The molecular formula is C28H33N3O3. The molecule has 0 aliphatic carbocycles. The van der Waals surface area contributed by atoms with Crippen molar-refractivity contribution in [2.75, 3.05) is 45.3 Å². The highest BCUT2D eigenvalue weighted by Gasteiger charge is 2.19. The summed E-state index contributed by atoms with van der Waals surface area (Å²) in [4.78, 5) is 17.3. The SMILES string of the molecule is COc1ccc(CN2CCN(c3cccc(CNC(=O)c4ccc(C)cc4)c3)CC2)c(OC)c1. The Hall–Kier alpha value is -3.51. The Kier molecular flexibility index (Phi) is 7.70. The maximum Gasteiger partial charge on any atom is 0.251 e. The number of anilines is 1. The minimum Gasteiger partial charge on any atom is -0.497 e. The van der Waals surface area contributed by atoms with E-state index < -0.39 is 0 Å². The lowest BCUT2D eigenvalue weighted by Crippen LogP contribution is -2.46. The quantitative estimate of drug-likeness (QED) is 0.545. The molecule has 1 heterocycles. The molecule has 1 aliphatic heterocycles. The fourth-order valence-corrected chi connectivity index (χ4v) is 4.24. The first kappa shape index (κ1) is 23.6. The van der Waals surface area contributed by atoms with Gasteiger partial charge in [-0.3, -0.25) is 9.69 Å². The number of aryl methyl sites for hydroxylation is 1. The molecule has 34 heavy (non-hydrogen) atoms. The van der Waals surface area contributed by atoms with E-state index in [9.17, 15) is 4.79 Å². The zero-order valence-electron chi connectivity index (χ0n) is 20.2. The molecular weight excluding hydrogens is 426 g/mol. The Morgan fingerprint density at radius 1 is 0.912 bits per heavy atom. The van der Waals surface area contributed by atoms with Crippen LogP contribution in [0.2, 0.25) is 0 Å². The third-order valence-electron chi connectivity index (χ3n) is 6.30. The summed E-state index contributed by atoms with van der Waals surface area (Å²) in [5.41, 5.74) is 5.30. The number of nitrogens with one attached hydrogen (secondary N) is 1. The van der Waals surface area contributed by atoms with Gasteiger partial charge in [-0.05, 0) is 42.8 Å². The van der Waals surface area contributed by atoms with Crippen LogP contribution in [-0.2, 0) is 13.1 Å². The van der Waals surface area contributed by atoms with Crippen molar-refractivity contribution in [2.24, 2.45) is 0 Å². The van der Waals surface area contributed by atoms with E-state index in [1.54, 1.807) is 14.2 Å². The molecule has 4 rings (SSSR count). The highest BCUT2D eigenvalue weighted by molar-refractivity contribution is 5.94. The number of ether oxygens (including phenoxy) is 2. The Balaban J connectivity index is 1.31. The van der Waals surface area contributed by atoms with Crippen LogP contribution in [0.15, 0.2) is 66.7 Å². The Labute approximate surface area is 202 Å². The molecule has 1 saturated heterocycles. The van der Waals surface area contributed by atoms with Crippen LogP contribution < -0.4 is 19.7 Å². The first-order valence-electron chi connectivity index (χ1n) is 11.7. The zero-order chi connectivity index (χ0) is 23.9. The molecule has 1 N–H and O–H groups in total. The molecule has 3 aromatic carbocycles. The number of hydrogen-bond acceptors (Lipinski definition) is 5. The van der Waals surface area contributed by atoms with E-state index in [-0.39, 0.29) is 5.91 Å². The molecule has 178 valence electrons. The van der Waals surface area contributed by atoms with Crippen molar-refractivity contribution in [2.45, 2.75) is 20.0 Å². The molecule has 1 aliphatic rings. The number of amides is 1. The number of carbonyl (C=O) groups excluding carboxylic acids is 1. The number of hydrogen-bond donors (Lipinski definition) is 1. The monoisotopic (exact) mass is 459 g/mol. The van der Waals surface area contributed by atoms with Crippen LogP contribution in [0, 0.1) is 6.92 Å². The van der Waals surface area contributed by atoms with E-state index in [1.807, 2.05) is 43.3 Å². The highest BCUT2D eigenvalue weighted by Crippen LogP contribution is 2.26. The van der Waals surface area contributed by atoms with Gasteiger partial charge in [0.15, 0.2) is 0 Å². The van der Waals surface area contributed by atoms with Gasteiger partial charge in [-0.2, -0.15) is 0 Å². The van der Waals surface area contributed by atoms with Crippen LogP contribution in [-0.4, -0.2) is 51.2 Å². The molecule has 0 bridgehead atoms. The normalized spacial score (nSPS) is 14.0. The minimum absolute atomic E-state index is 0.0482. The molecule has 1 amide bonds. The van der Waals surface area contributed by atoms with E-state index in [4.69, 9.17) is 9.47 Å². The summed E-state index contributed by atoms with van der Waals surface area (Å²) in [5.74, 6) is 1.62.